The first-order chi connectivity index (χ1) is 8.49. The van der Waals surface area contributed by atoms with E-state index >= 15 is 0 Å². The molecule has 1 amide bonds. The summed E-state index contributed by atoms with van der Waals surface area (Å²) in [7, 11) is 1.60. The molecule has 2 rings (SSSR count). The van der Waals surface area contributed by atoms with Crippen LogP contribution in [-0.2, 0) is 9.59 Å². The Labute approximate surface area is 104 Å². The van der Waals surface area contributed by atoms with Crippen molar-refractivity contribution in [3.63, 3.8) is 0 Å². The summed E-state index contributed by atoms with van der Waals surface area (Å²) in [5, 5.41) is 9.22. The number of aliphatic carboxylic acids is 1. The summed E-state index contributed by atoms with van der Waals surface area (Å²) < 4.78 is 12.9. The summed E-state index contributed by atoms with van der Waals surface area (Å²) >= 11 is 0. The number of carbonyl (C=O) groups excluding carboxylic acids is 1. The van der Waals surface area contributed by atoms with Gasteiger partial charge in [-0.2, -0.15) is 0 Å². The molecule has 2 atom stereocenters. The number of rotatable bonds is 2. The monoisotopic (exact) mass is 251 g/mol. The number of carboxylic acid groups (broad SMARTS) is 1. The summed E-state index contributed by atoms with van der Waals surface area (Å²) in [6.07, 6.45) is 0.152. The topological polar surface area (TPSA) is 57.6 Å². The average Bonchev–Trinajstić information content (AvgIpc) is 2.33. The van der Waals surface area contributed by atoms with Crippen molar-refractivity contribution in [3.8, 4) is 0 Å². The van der Waals surface area contributed by atoms with Crippen LogP contribution in [0, 0.1) is 11.7 Å². The van der Waals surface area contributed by atoms with E-state index in [9.17, 15) is 19.1 Å². The number of halogens is 1. The lowest BCUT2D eigenvalue weighted by atomic mass is 9.80. The number of nitrogens with zero attached hydrogens (tertiary/aromatic N) is 1. The smallest absolute Gasteiger partial charge is 0.308 e. The highest BCUT2D eigenvalue weighted by Gasteiger charge is 2.37. The van der Waals surface area contributed by atoms with Crippen molar-refractivity contribution in [1.29, 1.82) is 0 Å². The first-order valence-corrected chi connectivity index (χ1v) is 5.71. The van der Waals surface area contributed by atoms with E-state index in [-0.39, 0.29) is 30.6 Å². The van der Waals surface area contributed by atoms with Crippen LogP contribution in [-0.4, -0.2) is 35.5 Å². The fourth-order valence-electron chi connectivity index (χ4n) is 2.32. The number of piperidine rings is 1. The summed E-state index contributed by atoms with van der Waals surface area (Å²) in [5.41, 5.74) is 0.699. The van der Waals surface area contributed by atoms with Gasteiger partial charge in [-0.3, -0.25) is 9.59 Å². The van der Waals surface area contributed by atoms with Crippen molar-refractivity contribution >= 4 is 11.9 Å². The lowest BCUT2D eigenvalue weighted by molar-refractivity contribution is -0.147. The highest BCUT2D eigenvalue weighted by Crippen LogP contribution is 2.33. The van der Waals surface area contributed by atoms with E-state index in [4.69, 9.17) is 0 Å². The minimum Gasteiger partial charge on any atom is -0.481 e. The molecule has 0 aliphatic carbocycles. The molecule has 0 radical (unpaired) electrons. The molecular weight excluding hydrogens is 237 g/mol. The van der Waals surface area contributed by atoms with Gasteiger partial charge in [0.1, 0.15) is 5.82 Å². The largest absolute Gasteiger partial charge is 0.481 e. The molecule has 18 heavy (non-hydrogen) atoms. The second-order valence-corrected chi connectivity index (χ2v) is 4.58. The van der Waals surface area contributed by atoms with Crippen LogP contribution < -0.4 is 0 Å². The highest BCUT2D eigenvalue weighted by atomic mass is 19.1. The molecule has 1 aliphatic rings. The zero-order valence-corrected chi connectivity index (χ0v) is 9.97. The van der Waals surface area contributed by atoms with E-state index in [1.807, 2.05) is 0 Å². The molecular formula is C13H14FNO3. The van der Waals surface area contributed by atoms with Gasteiger partial charge in [-0.05, 0) is 17.7 Å². The molecule has 0 aromatic heterocycles. The molecule has 1 aliphatic heterocycles. The Bertz CT molecular complexity index is 472. The third-order valence-corrected chi connectivity index (χ3v) is 3.39. The minimum atomic E-state index is -0.927. The Kier molecular flexibility index (Phi) is 3.32. The summed E-state index contributed by atoms with van der Waals surface area (Å²) in [6, 6.07) is 5.68. The van der Waals surface area contributed by atoms with E-state index in [2.05, 4.69) is 0 Å². The number of benzene rings is 1. The van der Waals surface area contributed by atoms with E-state index < -0.39 is 11.9 Å². The molecule has 1 fully saturated rings. The molecule has 0 bridgehead atoms. The molecule has 1 aromatic carbocycles. The quantitative estimate of drug-likeness (QED) is 0.866. The number of carbonyl (C=O) groups is 2. The summed E-state index contributed by atoms with van der Waals surface area (Å²) in [5.74, 6) is -2.40. The maximum atomic E-state index is 12.9. The Morgan fingerprint density at radius 3 is 2.56 bits per heavy atom. The molecule has 96 valence electrons. The van der Waals surface area contributed by atoms with Gasteiger partial charge in [0.15, 0.2) is 0 Å². The molecule has 5 heteroatoms. The van der Waals surface area contributed by atoms with Crippen LogP contribution in [0.2, 0.25) is 0 Å². The zero-order valence-electron chi connectivity index (χ0n) is 9.97. The van der Waals surface area contributed by atoms with Gasteiger partial charge in [0.2, 0.25) is 5.91 Å². The Balaban J connectivity index is 2.30. The van der Waals surface area contributed by atoms with Crippen molar-refractivity contribution in [2.75, 3.05) is 13.6 Å². The molecule has 1 N–H and O–H groups in total. The van der Waals surface area contributed by atoms with E-state index in [0.717, 1.165) is 0 Å². The standard InChI is InChI=1S/C13H14FNO3/c1-15-7-11(13(17)18)10(6-12(15)16)8-2-4-9(14)5-3-8/h2-5,10-11H,6-7H2,1H3,(H,17,18)/t10-,11+/m0/s1. The van der Waals surface area contributed by atoms with Gasteiger partial charge in [0, 0.05) is 25.9 Å². The predicted molar refractivity (Wildman–Crippen MR) is 62.5 cm³/mol. The van der Waals surface area contributed by atoms with Crippen molar-refractivity contribution in [2.45, 2.75) is 12.3 Å². The number of hydrogen-bond donors (Lipinski definition) is 1. The van der Waals surface area contributed by atoms with Crippen molar-refractivity contribution in [3.05, 3.63) is 35.6 Å². The highest BCUT2D eigenvalue weighted by molar-refractivity contribution is 5.82. The molecule has 0 saturated carbocycles. The lowest BCUT2D eigenvalue weighted by Gasteiger charge is -2.34. The predicted octanol–water partition coefficient (Wildman–Crippen LogP) is 1.47. The van der Waals surface area contributed by atoms with Gasteiger partial charge in [-0.15, -0.1) is 0 Å². The number of likely N-dealkylation sites (tertiary alicyclic amines) is 1. The lowest BCUT2D eigenvalue weighted by Crippen LogP contribution is -2.44. The van der Waals surface area contributed by atoms with Gasteiger partial charge in [-0.1, -0.05) is 12.1 Å². The maximum absolute atomic E-state index is 12.9. The van der Waals surface area contributed by atoms with E-state index in [1.165, 1.54) is 17.0 Å². The van der Waals surface area contributed by atoms with Crippen LogP contribution in [0.1, 0.15) is 17.9 Å². The van der Waals surface area contributed by atoms with Crippen molar-refractivity contribution in [2.24, 2.45) is 5.92 Å². The van der Waals surface area contributed by atoms with E-state index in [0.29, 0.717) is 5.56 Å². The normalized spacial score (nSPS) is 24.1. The van der Waals surface area contributed by atoms with E-state index in [1.54, 1.807) is 19.2 Å². The third kappa shape index (κ3) is 2.34. The van der Waals surface area contributed by atoms with Gasteiger partial charge >= 0.3 is 5.97 Å². The zero-order chi connectivity index (χ0) is 13.3. The van der Waals surface area contributed by atoms with Crippen molar-refractivity contribution in [1.82, 2.24) is 4.90 Å². The fraction of sp³-hybridized carbons (Fsp3) is 0.385. The number of hydrogen-bond acceptors (Lipinski definition) is 2. The third-order valence-electron chi connectivity index (χ3n) is 3.39. The molecule has 4 nitrogen and oxygen atoms in total. The number of amides is 1. The fourth-order valence-corrected chi connectivity index (χ4v) is 2.32. The van der Waals surface area contributed by atoms with Crippen molar-refractivity contribution < 1.29 is 19.1 Å². The molecule has 0 unspecified atom stereocenters. The summed E-state index contributed by atoms with van der Waals surface area (Å²) in [6.45, 7) is 0.191. The Morgan fingerprint density at radius 2 is 2.00 bits per heavy atom. The second-order valence-electron chi connectivity index (χ2n) is 4.58. The van der Waals surface area contributed by atoms with Crippen LogP contribution in [0.25, 0.3) is 0 Å². The molecule has 0 spiro atoms. The summed E-state index contributed by atoms with van der Waals surface area (Å²) in [4.78, 5) is 24.3. The first-order valence-electron chi connectivity index (χ1n) is 5.71. The Morgan fingerprint density at radius 1 is 1.39 bits per heavy atom. The average molecular weight is 251 g/mol. The van der Waals surface area contributed by atoms with Gasteiger partial charge in [0.05, 0.1) is 5.92 Å². The molecule has 1 saturated heterocycles. The Hall–Kier alpha value is -1.91. The second kappa shape index (κ2) is 4.76. The van der Waals surface area contributed by atoms with Crippen LogP contribution in [0.4, 0.5) is 4.39 Å². The van der Waals surface area contributed by atoms with Gasteiger partial charge in [0.25, 0.3) is 0 Å². The first kappa shape index (κ1) is 12.5. The number of carboxylic acids is 1. The van der Waals surface area contributed by atoms with Gasteiger partial charge < -0.3 is 10.0 Å². The maximum Gasteiger partial charge on any atom is 0.308 e. The SMILES string of the molecule is CN1C[C@@H](C(=O)O)[C@H](c2ccc(F)cc2)CC1=O. The van der Waals surface area contributed by atoms with Crippen LogP contribution >= 0.6 is 0 Å². The van der Waals surface area contributed by atoms with Crippen LogP contribution in [0.5, 0.6) is 0 Å². The van der Waals surface area contributed by atoms with Gasteiger partial charge in [-0.25, -0.2) is 4.39 Å². The minimum absolute atomic E-state index is 0.0816. The molecule has 1 heterocycles. The molecule has 1 aromatic rings. The van der Waals surface area contributed by atoms with Crippen LogP contribution in [0.3, 0.4) is 0 Å². The van der Waals surface area contributed by atoms with Crippen LogP contribution in [0.15, 0.2) is 24.3 Å².